The smallest absolute Gasteiger partial charge is 0.291 e. The molecule has 5 nitrogen and oxygen atoms in total. The fraction of sp³-hybridized carbons (Fsp3) is 0.400. The average Bonchev–Trinajstić information content (AvgIpc) is 2.83. The largest absolute Gasteiger partial charge is 0.360 e. The van der Waals surface area contributed by atoms with E-state index in [1.165, 1.54) is 24.0 Å². The third-order valence-electron chi connectivity index (χ3n) is 3.57. The number of hydrogen-bond acceptors (Lipinski definition) is 3. The van der Waals surface area contributed by atoms with Crippen molar-refractivity contribution >= 4 is 11.7 Å². The van der Waals surface area contributed by atoms with Crippen LogP contribution in [0.4, 0.5) is 5.82 Å². The van der Waals surface area contributed by atoms with Crippen molar-refractivity contribution in [1.82, 2.24) is 5.16 Å². The minimum absolute atomic E-state index is 0.0981. The third-order valence-corrected chi connectivity index (χ3v) is 3.57. The van der Waals surface area contributed by atoms with Crippen LogP contribution >= 0.6 is 0 Å². The van der Waals surface area contributed by atoms with E-state index in [1.807, 2.05) is 10.8 Å². The zero-order chi connectivity index (χ0) is 13.9. The molecular formula is C15H18N3O2+. The molecule has 1 amide bonds. The Balaban J connectivity index is 1.66. The molecule has 0 aromatic carbocycles. The highest BCUT2D eigenvalue weighted by molar-refractivity contribution is 5.88. The Kier molecular flexibility index (Phi) is 3.50. The van der Waals surface area contributed by atoms with Crippen LogP contribution in [-0.4, -0.2) is 11.1 Å². The Morgan fingerprint density at radius 3 is 2.95 bits per heavy atom. The molecular weight excluding hydrogens is 254 g/mol. The minimum atomic E-state index is -0.0981. The molecule has 104 valence electrons. The first kappa shape index (κ1) is 12.8. The molecule has 2 heterocycles. The van der Waals surface area contributed by atoms with Crippen LogP contribution in [0.5, 0.6) is 0 Å². The first-order valence-corrected chi connectivity index (χ1v) is 6.95. The van der Waals surface area contributed by atoms with E-state index < -0.39 is 0 Å². The lowest BCUT2D eigenvalue weighted by Crippen LogP contribution is -2.40. The molecule has 1 aliphatic rings. The molecule has 0 fully saturated rings. The Morgan fingerprint density at radius 1 is 1.40 bits per heavy atom. The highest BCUT2D eigenvalue weighted by atomic mass is 16.5. The summed E-state index contributed by atoms with van der Waals surface area (Å²) in [6.07, 6.45) is 8.82. The van der Waals surface area contributed by atoms with E-state index in [1.54, 1.807) is 13.0 Å². The van der Waals surface area contributed by atoms with Gasteiger partial charge < -0.3 is 9.84 Å². The molecule has 0 saturated carbocycles. The minimum Gasteiger partial charge on any atom is -0.360 e. The number of fused-ring (bicyclic) bond motifs is 1. The molecule has 2 aromatic heterocycles. The van der Waals surface area contributed by atoms with Crippen LogP contribution in [0.25, 0.3) is 0 Å². The number of aryl methyl sites for hydroxylation is 3. The lowest BCUT2D eigenvalue weighted by molar-refractivity contribution is -0.684. The number of amides is 1. The second-order valence-corrected chi connectivity index (χ2v) is 5.25. The van der Waals surface area contributed by atoms with Crippen LogP contribution in [0.2, 0.25) is 0 Å². The summed E-state index contributed by atoms with van der Waals surface area (Å²) in [5.41, 5.74) is 2.78. The second kappa shape index (κ2) is 5.45. The molecule has 20 heavy (non-hydrogen) atoms. The zero-order valence-electron chi connectivity index (χ0n) is 11.6. The Hall–Kier alpha value is -2.17. The van der Waals surface area contributed by atoms with Gasteiger partial charge in [-0.05, 0) is 38.2 Å². The number of aromatic nitrogens is 2. The van der Waals surface area contributed by atoms with Crippen LogP contribution in [-0.2, 0) is 24.2 Å². The lowest BCUT2D eigenvalue weighted by Gasteiger charge is -2.13. The molecule has 1 N–H and O–H groups in total. The number of carbonyl (C=O) groups excluding carboxylic acids is 1. The van der Waals surface area contributed by atoms with Gasteiger partial charge in [0.05, 0.1) is 0 Å². The summed E-state index contributed by atoms with van der Waals surface area (Å²) in [5, 5.41) is 6.48. The van der Waals surface area contributed by atoms with Gasteiger partial charge in [0.2, 0.25) is 6.54 Å². The molecule has 0 bridgehead atoms. The summed E-state index contributed by atoms with van der Waals surface area (Å²) in [4.78, 5) is 11.9. The second-order valence-electron chi connectivity index (χ2n) is 5.25. The maximum atomic E-state index is 11.9. The van der Waals surface area contributed by atoms with E-state index in [9.17, 15) is 4.79 Å². The van der Waals surface area contributed by atoms with E-state index in [0.717, 1.165) is 12.8 Å². The maximum absolute atomic E-state index is 11.9. The van der Waals surface area contributed by atoms with Crippen molar-refractivity contribution in [2.24, 2.45) is 0 Å². The lowest BCUT2D eigenvalue weighted by atomic mass is 9.93. The van der Waals surface area contributed by atoms with Gasteiger partial charge in [-0.3, -0.25) is 4.79 Å². The van der Waals surface area contributed by atoms with Gasteiger partial charge in [-0.25, -0.2) is 0 Å². The van der Waals surface area contributed by atoms with Gasteiger partial charge >= 0.3 is 0 Å². The van der Waals surface area contributed by atoms with Crippen molar-refractivity contribution in [3.63, 3.8) is 0 Å². The molecule has 0 spiro atoms. The summed E-state index contributed by atoms with van der Waals surface area (Å²) in [5.74, 6) is 1.05. The van der Waals surface area contributed by atoms with E-state index in [2.05, 4.69) is 22.7 Å². The van der Waals surface area contributed by atoms with Crippen LogP contribution < -0.4 is 9.88 Å². The number of rotatable bonds is 3. The number of anilines is 1. The summed E-state index contributed by atoms with van der Waals surface area (Å²) in [7, 11) is 0. The summed E-state index contributed by atoms with van der Waals surface area (Å²) < 4.78 is 6.84. The first-order valence-electron chi connectivity index (χ1n) is 6.95. The molecule has 0 saturated heterocycles. The van der Waals surface area contributed by atoms with Crippen molar-refractivity contribution in [1.29, 1.82) is 0 Å². The topological polar surface area (TPSA) is 59.0 Å². The van der Waals surface area contributed by atoms with E-state index >= 15 is 0 Å². The maximum Gasteiger partial charge on any atom is 0.291 e. The molecule has 1 aliphatic carbocycles. The van der Waals surface area contributed by atoms with Crippen molar-refractivity contribution in [3.05, 3.63) is 41.4 Å². The van der Waals surface area contributed by atoms with Gasteiger partial charge in [-0.1, -0.05) is 5.16 Å². The molecule has 0 atom stereocenters. The number of nitrogens with one attached hydrogen (secondary N) is 1. The van der Waals surface area contributed by atoms with Crippen molar-refractivity contribution in [2.75, 3.05) is 5.32 Å². The molecule has 5 heteroatoms. The molecule has 2 aromatic rings. The molecule has 0 aliphatic heterocycles. The van der Waals surface area contributed by atoms with Crippen molar-refractivity contribution in [2.45, 2.75) is 39.2 Å². The fourth-order valence-electron chi connectivity index (χ4n) is 2.59. The quantitative estimate of drug-likeness (QED) is 0.867. The van der Waals surface area contributed by atoms with Gasteiger partial charge in [0.15, 0.2) is 18.2 Å². The van der Waals surface area contributed by atoms with E-state index in [4.69, 9.17) is 4.52 Å². The standard InChI is InChI=1S/C15H17N3O2/c1-11-8-14(17-20-11)16-15(19)10-18-7-6-12-4-2-3-5-13(12)9-18/h6-9H,2-5,10H2,1H3/p+1. The number of pyridine rings is 1. The van der Waals surface area contributed by atoms with Gasteiger partial charge in [0.25, 0.3) is 5.91 Å². The van der Waals surface area contributed by atoms with Crippen molar-refractivity contribution in [3.8, 4) is 0 Å². The van der Waals surface area contributed by atoms with E-state index in [0.29, 0.717) is 18.1 Å². The van der Waals surface area contributed by atoms with Gasteiger partial charge in [-0.2, -0.15) is 4.57 Å². The average molecular weight is 272 g/mol. The van der Waals surface area contributed by atoms with Crippen LogP contribution in [0.3, 0.4) is 0 Å². The number of carbonyl (C=O) groups is 1. The van der Waals surface area contributed by atoms with Crippen LogP contribution in [0.1, 0.15) is 29.7 Å². The van der Waals surface area contributed by atoms with Crippen LogP contribution in [0.15, 0.2) is 29.0 Å². The normalized spacial score (nSPS) is 13.8. The molecule has 0 unspecified atom stereocenters. The van der Waals surface area contributed by atoms with Crippen LogP contribution in [0, 0.1) is 6.92 Å². The predicted octanol–water partition coefficient (Wildman–Crippen LogP) is 1.79. The Bertz CT molecular complexity index is 634. The highest BCUT2D eigenvalue weighted by Crippen LogP contribution is 2.18. The first-order chi connectivity index (χ1) is 9.70. The van der Waals surface area contributed by atoms with Gasteiger partial charge in [0, 0.05) is 17.7 Å². The van der Waals surface area contributed by atoms with Gasteiger partial charge in [-0.15, -0.1) is 0 Å². The summed E-state index contributed by atoms with van der Waals surface area (Å²) in [6, 6.07) is 3.83. The SMILES string of the molecule is Cc1cc(NC(=O)C[n+]2ccc3c(c2)CCCC3)no1. The fourth-order valence-corrected chi connectivity index (χ4v) is 2.59. The number of nitrogens with zero attached hydrogens (tertiary/aromatic N) is 2. The monoisotopic (exact) mass is 272 g/mol. The summed E-state index contributed by atoms with van der Waals surface area (Å²) >= 11 is 0. The van der Waals surface area contributed by atoms with E-state index in [-0.39, 0.29) is 5.91 Å². The van der Waals surface area contributed by atoms with Gasteiger partial charge in [0.1, 0.15) is 5.76 Å². The summed E-state index contributed by atoms with van der Waals surface area (Å²) in [6.45, 7) is 2.08. The Labute approximate surface area is 117 Å². The predicted molar refractivity (Wildman–Crippen MR) is 73.1 cm³/mol. The highest BCUT2D eigenvalue weighted by Gasteiger charge is 2.16. The Morgan fingerprint density at radius 2 is 2.20 bits per heavy atom. The number of hydrogen-bond donors (Lipinski definition) is 1. The molecule has 3 rings (SSSR count). The van der Waals surface area contributed by atoms with Crippen molar-refractivity contribution < 1.29 is 13.9 Å². The third kappa shape index (κ3) is 2.87. The molecule has 0 radical (unpaired) electrons. The zero-order valence-corrected chi connectivity index (χ0v) is 11.6.